The third kappa shape index (κ3) is 8.61. The number of Topliss-reactive ketones (excluding diaryl/α,β-unsaturated/α-hetero) is 1. The number of ketones is 1. The number of hydrogen-bond acceptors (Lipinski definition) is 2. The lowest BCUT2D eigenvalue weighted by molar-refractivity contribution is -0.119. The Balaban J connectivity index is 3.70. The Hall–Kier alpha value is -0.370. The predicted molar refractivity (Wildman–Crippen MR) is 65.8 cm³/mol. The summed E-state index contributed by atoms with van der Waals surface area (Å²) < 4.78 is 0. The van der Waals surface area contributed by atoms with Gasteiger partial charge in [0.25, 0.3) is 0 Å². The molecule has 15 heavy (non-hydrogen) atoms. The van der Waals surface area contributed by atoms with Crippen LogP contribution in [0.25, 0.3) is 0 Å². The van der Waals surface area contributed by atoms with Crippen LogP contribution in [0.2, 0.25) is 0 Å². The minimum Gasteiger partial charge on any atom is -0.330 e. The van der Waals surface area contributed by atoms with Crippen molar-refractivity contribution in [3.63, 3.8) is 0 Å². The number of nitrogens with two attached hydrogens (primary N) is 1. The van der Waals surface area contributed by atoms with E-state index in [4.69, 9.17) is 5.73 Å². The maximum atomic E-state index is 11.6. The Kier molecular flexibility index (Phi) is 6.82. The van der Waals surface area contributed by atoms with E-state index in [-0.39, 0.29) is 5.41 Å². The molecular formula is C13H27NO. The van der Waals surface area contributed by atoms with Crippen LogP contribution < -0.4 is 5.73 Å². The average Bonchev–Trinajstić information content (AvgIpc) is 2.11. The molecule has 0 aromatic rings. The van der Waals surface area contributed by atoms with Gasteiger partial charge in [-0.05, 0) is 37.1 Å². The second-order valence-corrected chi connectivity index (χ2v) is 5.67. The topological polar surface area (TPSA) is 43.1 Å². The Morgan fingerprint density at radius 1 is 1.20 bits per heavy atom. The molecule has 2 heteroatoms. The molecule has 0 heterocycles. The van der Waals surface area contributed by atoms with E-state index in [1.807, 2.05) is 0 Å². The normalized spacial score (nSPS) is 12.1. The van der Waals surface area contributed by atoms with Crippen LogP contribution in [0.3, 0.4) is 0 Å². The highest BCUT2D eigenvalue weighted by Crippen LogP contribution is 2.26. The van der Waals surface area contributed by atoms with E-state index in [0.29, 0.717) is 18.2 Å². The first-order valence-electron chi connectivity index (χ1n) is 6.09. The van der Waals surface area contributed by atoms with Crippen LogP contribution >= 0.6 is 0 Å². The molecule has 0 rings (SSSR count). The van der Waals surface area contributed by atoms with Crippen LogP contribution in [0.1, 0.15) is 59.8 Å². The standard InChI is InChI=1S/C13H27NO/c1-11(2)5-6-12(15)7-8-13(3,4)9-10-14/h11H,5-10,14H2,1-4H3. The first-order valence-corrected chi connectivity index (χ1v) is 6.09. The van der Waals surface area contributed by atoms with Crippen LogP contribution in [-0.4, -0.2) is 12.3 Å². The zero-order valence-electron chi connectivity index (χ0n) is 10.8. The minimum atomic E-state index is 0.224. The Morgan fingerprint density at radius 3 is 2.27 bits per heavy atom. The highest BCUT2D eigenvalue weighted by atomic mass is 16.1. The fraction of sp³-hybridized carbons (Fsp3) is 0.923. The molecule has 0 saturated heterocycles. The van der Waals surface area contributed by atoms with Gasteiger partial charge in [-0.1, -0.05) is 27.7 Å². The molecule has 2 N–H and O–H groups in total. The molecule has 0 radical (unpaired) electrons. The van der Waals surface area contributed by atoms with Gasteiger partial charge in [0, 0.05) is 12.8 Å². The highest BCUT2D eigenvalue weighted by molar-refractivity contribution is 5.78. The van der Waals surface area contributed by atoms with Crippen LogP contribution in [0.5, 0.6) is 0 Å². The lowest BCUT2D eigenvalue weighted by Gasteiger charge is -2.23. The quantitative estimate of drug-likeness (QED) is 0.673. The average molecular weight is 213 g/mol. The van der Waals surface area contributed by atoms with Gasteiger partial charge in [-0.25, -0.2) is 0 Å². The predicted octanol–water partition coefficient (Wildman–Crippen LogP) is 3.15. The first-order chi connectivity index (χ1) is 6.87. The zero-order chi connectivity index (χ0) is 11.9. The molecule has 0 amide bonds. The van der Waals surface area contributed by atoms with Crippen LogP contribution in [-0.2, 0) is 4.79 Å². The minimum absolute atomic E-state index is 0.224. The largest absolute Gasteiger partial charge is 0.330 e. The van der Waals surface area contributed by atoms with Gasteiger partial charge in [0.1, 0.15) is 5.78 Å². The lowest BCUT2D eigenvalue weighted by Crippen LogP contribution is -2.18. The molecule has 0 fully saturated rings. The van der Waals surface area contributed by atoms with E-state index < -0.39 is 0 Å². The molecule has 0 aromatic carbocycles. The molecular weight excluding hydrogens is 186 g/mol. The second kappa shape index (κ2) is 7.00. The third-order valence-corrected chi connectivity index (χ3v) is 2.90. The molecule has 2 nitrogen and oxygen atoms in total. The number of carbonyl (C=O) groups excluding carboxylic acids is 1. The SMILES string of the molecule is CC(C)CCC(=O)CCC(C)(C)CCN. The fourth-order valence-corrected chi connectivity index (χ4v) is 1.57. The van der Waals surface area contributed by atoms with Crippen molar-refractivity contribution in [1.82, 2.24) is 0 Å². The molecule has 0 bridgehead atoms. The summed E-state index contributed by atoms with van der Waals surface area (Å²) in [5.74, 6) is 1.04. The number of hydrogen-bond donors (Lipinski definition) is 1. The third-order valence-electron chi connectivity index (χ3n) is 2.90. The molecule has 0 aliphatic heterocycles. The summed E-state index contributed by atoms with van der Waals surface area (Å²) in [4.78, 5) is 11.6. The van der Waals surface area contributed by atoms with Crippen molar-refractivity contribution in [3.05, 3.63) is 0 Å². The van der Waals surface area contributed by atoms with Gasteiger partial charge in [0.15, 0.2) is 0 Å². The molecule has 0 saturated carbocycles. The molecule has 0 atom stereocenters. The van der Waals surface area contributed by atoms with E-state index in [9.17, 15) is 4.79 Å². The molecule has 0 aromatic heterocycles. The van der Waals surface area contributed by atoms with E-state index in [2.05, 4.69) is 27.7 Å². The van der Waals surface area contributed by atoms with Crippen molar-refractivity contribution in [2.24, 2.45) is 17.1 Å². The van der Waals surface area contributed by atoms with E-state index in [0.717, 1.165) is 32.1 Å². The Bertz CT molecular complexity index is 185. The molecule has 0 spiro atoms. The van der Waals surface area contributed by atoms with Gasteiger partial charge in [0.2, 0.25) is 0 Å². The monoisotopic (exact) mass is 213 g/mol. The first kappa shape index (κ1) is 14.6. The van der Waals surface area contributed by atoms with Gasteiger partial charge >= 0.3 is 0 Å². The maximum Gasteiger partial charge on any atom is 0.132 e. The summed E-state index contributed by atoms with van der Waals surface area (Å²) >= 11 is 0. The molecule has 0 aliphatic carbocycles. The lowest BCUT2D eigenvalue weighted by atomic mass is 9.83. The Morgan fingerprint density at radius 2 is 1.80 bits per heavy atom. The molecule has 0 aliphatic rings. The molecule has 90 valence electrons. The van der Waals surface area contributed by atoms with Crippen molar-refractivity contribution >= 4 is 5.78 Å². The summed E-state index contributed by atoms with van der Waals surface area (Å²) in [5.41, 5.74) is 5.76. The number of carbonyl (C=O) groups is 1. The van der Waals surface area contributed by atoms with Crippen molar-refractivity contribution < 1.29 is 4.79 Å². The van der Waals surface area contributed by atoms with Gasteiger partial charge in [-0.15, -0.1) is 0 Å². The summed E-state index contributed by atoms with van der Waals surface area (Å²) in [5, 5.41) is 0. The second-order valence-electron chi connectivity index (χ2n) is 5.67. The van der Waals surface area contributed by atoms with Crippen molar-refractivity contribution in [3.8, 4) is 0 Å². The molecule has 0 unspecified atom stereocenters. The summed E-state index contributed by atoms with van der Waals surface area (Å²) in [6.45, 7) is 9.41. The van der Waals surface area contributed by atoms with Gasteiger partial charge in [-0.3, -0.25) is 4.79 Å². The van der Waals surface area contributed by atoms with Crippen LogP contribution in [0, 0.1) is 11.3 Å². The van der Waals surface area contributed by atoms with E-state index >= 15 is 0 Å². The van der Waals surface area contributed by atoms with Crippen LogP contribution in [0.4, 0.5) is 0 Å². The highest BCUT2D eigenvalue weighted by Gasteiger charge is 2.18. The zero-order valence-corrected chi connectivity index (χ0v) is 10.8. The van der Waals surface area contributed by atoms with Crippen molar-refractivity contribution in [1.29, 1.82) is 0 Å². The van der Waals surface area contributed by atoms with Gasteiger partial charge in [-0.2, -0.15) is 0 Å². The van der Waals surface area contributed by atoms with Crippen molar-refractivity contribution in [2.75, 3.05) is 6.54 Å². The summed E-state index contributed by atoms with van der Waals surface area (Å²) in [6.07, 6.45) is 4.47. The summed E-state index contributed by atoms with van der Waals surface area (Å²) in [7, 11) is 0. The van der Waals surface area contributed by atoms with Crippen molar-refractivity contribution in [2.45, 2.75) is 59.8 Å². The Labute approximate surface area is 94.6 Å². The van der Waals surface area contributed by atoms with Crippen LogP contribution in [0.15, 0.2) is 0 Å². The summed E-state index contributed by atoms with van der Waals surface area (Å²) in [6, 6.07) is 0. The van der Waals surface area contributed by atoms with Gasteiger partial charge < -0.3 is 5.73 Å². The smallest absolute Gasteiger partial charge is 0.132 e. The van der Waals surface area contributed by atoms with E-state index in [1.54, 1.807) is 0 Å². The van der Waals surface area contributed by atoms with Gasteiger partial charge in [0.05, 0.1) is 0 Å². The number of rotatable bonds is 8. The van der Waals surface area contributed by atoms with E-state index in [1.165, 1.54) is 0 Å². The fourth-order valence-electron chi connectivity index (χ4n) is 1.57. The maximum absolute atomic E-state index is 11.6.